The molecule has 1 aliphatic heterocycles. The molecule has 1 unspecified atom stereocenters. The number of hydrogen-bond acceptors (Lipinski definition) is 6. The summed E-state index contributed by atoms with van der Waals surface area (Å²) in [7, 11) is 0. The molecule has 1 fully saturated rings. The third-order valence-corrected chi connectivity index (χ3v) is 3.57. The zero-order valence-electron chi connectivity index (χ0n) is 11.1. The average Bonchev–Trinajstić information content (AvgIpc) is 2.79. The van der Waals surface area contributed by atoms with Gasteiger partial charge in [-0.3, -0.25) is 4.90 Å². The van der Waals surface area contributed by atoms with Crippen LogP contribution in [0.4, 0.5) is 17.6 Å². The van der Waals surface area contributed by atoms with Crippen molar-refractivity contribution < 1.29 is 0 Å². The highest BCUT2D eigenvalue weighted by Crippen LogP contribution is 2.22. The second-order valence-electron chi connectivity index (χ2n) is 4.62. The van der Waals surface area contributed by atoms with Gasteiger partial charge >= 0.3 is 0 Å². The molecule has 18 heavy (non-hydrogen) atoms. The monoisotopic (exact) mass is 250 g/mol. The second kappa shape index (κ2) is 5.39. The fraction of sp³-hybridized carbons (Fsp3) is 0.667. The maximum absolute atomic E-state index is 5.71. The van der Waals surface area contributed by atoms with Gasteiger partial charge in [0.15, 0.2) is 0 Å². The first kappa shape index (κ1) is 12.9. The molecule has 0 amide bonds. The van der Waals surface area contributed by atoms with E-state index in [1.165, 1.54) is 0 Å². The number of aromatic nitrogens is 2. The lowest BCUT2D eigenvalue weighted by atomic mass is 10.2. The Bertz CT molecular complexity index is 383. The van der Waals surface area contributed by atoms with Crippen LogP contribution in [0.2, 0.25) is 0 Å². The fourth-order valence-corrected chi connectivity index (χ4v) is 2.62. The Morgan fingerprint density at radius 1 is 1.33 bits per heavy atom. The SMILES string of the molecule is CCN(CC)C1CCN(c2cc(N)nc(N)n2)C1. The van der Waals surface area contributed by atoms with Crippen LogP contribution in [0.1, 0.15) is 20.3 Å². The highest BCUT2D eigenvalue weighted by Gasteiger charge is 2.27. The van der Waals surface area contributed by atoms with Gasteiger partial charge in [-0.15, -0.1) is 0 Å². The van der Waals surface area contributed by atoms with E-state index in [1.807, 2.05) is 0 Å². The van der Waals surface area contributed by atoms with Crippen LogP contribution in [-0.4, -0.2) is 47.1 Å². The molecule has 0 aliphatic carbocycles. The van der Waals surface area contributed by atoms with Gasteiger partial charge < -0.3 is 16.4 Å². The summed E-state index contributed by atoms with van der Waals surface area (Å²) < 4.78 is 0. The zero-order valence-corrected chi connectivity index (χ0v) is 11.1. The van der Waals surface area contributed by atoms with Crippen molar-refractivity contribution in [1.29, 1.82) is 0 Å². The third kappa shape index (κ3) is 2.64. The van der Waals surface area contributed by atoms with Gasteiger partial charge in [0, 0.05) is 25.2 Å². The smallest absolute Gasteiger partial charge is 0.223 e. The van der Waals surface area contributed by atoms with Gasteiger partial charge in [0.1, 0.15) is 11.6 Å². The summed E-state index contributed by atoms with van der Waals surface area (Å²) in [6, 6.07) is 2.39. The van der Waals surface area contributed by atoms with Crippen molar-refractivity contribution in [3.05, 3.63) is 6.07 Å². The average molecular weight is 250 g/mol. The molecule has 2 rings (SSSR count). The number of nitrogen functional groups attached to an aromatic ring is 2. The van der Waals surface area contributed by atoms with E-state index in [0.29, 0.717) is 11.9 Å². The summed E-state index contributed by atoms with van der Waals surface area (Å²) in [6.07, 6.45) is 1.16. The summed E-state index contributed by atoms with van der Waals surface area (Å²) in [6.45, 7) is 8.56. The Morgan fingerprint density at radius 3 is 2.67 bits per heavy atom. The number of nitrogens with zero attached hydrogens (tertiary/aromatic N) is 4. The molecule has 1 aromatic rings. The maximum Gasteiger partial charge on any atom is 0.223 e. The number of likely N-dealkylation sites (N-methyl/N-ethyl adjacent to an activating group) is 1. The van der Waals surface area contributed by atoms with Crippen molar-refractivity contribution in [2.45, 2.75) is 26.3 Å². The normalized spacial score (nSPS) is 19.7. The molecule has 1 atom stereocenters. The Labute approximate surface area is 108 Å². The van der Waals surface area contributed by atoms with Gasteiger partial charge in [0.25, 0.3) is 0 Å². The molecule has 6 nitrogen and oxygen atoms in total. The van der Waals surface area contributed by atoms with E-state index in [4.69, 9.17) is 11.5 Å². The fourth-order valence-electron chi connectivity index (χ4n) is 2.62. The van der Waals surface area contributed by atoms with Crippen LogP contribution >= 0.6 is 0 Å². The van der Waals surface area contributed by atoms with Crippen molar-refractivity contribution in [2.24, 2.45) is 0 Å². The van der Waals surface area contributed by atoms with Crippen LogP contribution < -0.4 is 16.4 Å². The van der Waals surface area contributed by atoms with E-state index in [0.717, 1.165) is 38.4 Å². The topological polar surface area (TPSA) is 84.3 Å². The lowest BCUT2D eigenvalue weighted by Gasteiger charge is -2.26. The van der Waals surface area contributed by atoms with Gasteiger partial charge in [-0.05, 0) is 19.5 Å². The predicted molar refractivity (Wildman–Crippen MR) is 74.4 cm³/mol. The summed E-state index contributed by atoms with van der Waals surface area (Å²) in [5.74, 6) is 1.52. The number of nitrogens with two attached hydrogens (primary N) is 2. The first-order valence-corrected chi connectivity index (χ1v) is 6.53. The van der Waals surface area contributed by atoms with Crippen LogP contribution in [0.3, 0.4) is 0 Å². The molecule has 2 heterocycles. The molecular weight excluding hydrogens is 228 g/mol. The maximum atomic E-state index is 5.71. The van der Waals surface area contributed by atoms with Crippen LogP contribution in [0.25, 0.3) is 0 Å². The standard InChI is InChI=1S/C12H22N6/c1-3-17(4-2)9-5-6-18(8-9)11-7-10(13)15-12(14)16-11/h7,9H,3-6,8H2,1-2H3,(H4,13,14,15,16). The lowest BCUT2D eigenvalue weighted by molar-refractivity contribution is 0.232. The summed E-state index contributed by atoms with van der Waals surface area (Å²) in [5.41, 5.74) is 11.3. The van der Waals surface area contributed by atoms with Gasteiger partial charge in [0.05, 0.1) is 0 Å². The second-order valence-corrected chi connectivity index (χ2v) is 4.62. The molecule has 0 aromatic carbocycles. The molecule has 1 aromatic heterocycles. The summed E-state index contributed by atoms with van der Waals surface area (Å²) in [4.78, 5) is 12.9. The highest BCUT2D eigenvalue weighted by molar-refractivity contribution is 5.51. The third-order valence-electron chi connectivity index (χ3n) is 3.57. The molecule has 6 heteroatoms. The van der Waals surface area contributed by atoms with Crippen LogP contribution in [0, 0.1) is 0 Å². The van der Waals surface area contributed by atoms with E-state index < -0.39 is 0 Å². The van der Waals surface area contributed by atoms with E-state index in [2.05, 4.69) is 33.6 Å². The van der Waals surface area contributed by atoms with Crippen molar-refractivity contribution in [3.63, 3.8) is 0 Å². The molecule has 0 bridgehead atoms. The van der Waals surface area contributed by atoms with Crippen molar-refractivity contribution in [3.8, 4) is 0 Å². The van der Waals surface area contributed by atoms with Gasteiger partial charge in [-0.2, -0.15) is 9.97 Å². The Morgan fingerprint density at radius 2 is 2.06 bits per heavy atom. The molecule has 100 valence electrons. The summed E-state index contributed by atoms with van der Waals surface area (Å²) >= 11 is 0. The Hall–Kier alpha value is -1.56. The van der Waals surface area contributed by atoms with E-state index in [-0.39, 0.29) is 5.95 Å². The van der Waals surface area contributed by atoms with Crippen molar-refractivity contribution in [1.82, 2.24) is 14.9 Å². The van der Waals surface area contributed by atoms with E-state index >= 15 is 0 Å². The molecule has 1 aliphatic rings. The summed E-state index contributed by atoms with van der Waals surface area (Å²) in [5, 5.41) is 0. The molecule has 0 saturated carbocycles. The van der Waals surface area contributed by atoms with Crippen LogP contribution in [0.5, 0.6) is 0 Å². The Kier molecular flexibility index (Phi) is 3.86. The van der Waals surface area contributed by atoms with Gasteiger partial charge in [-0.25, -0.2) is 0 Å². The van der Waals surface area contributed by atoms with Crippen LogP contribution in [0.15, 0.2) is 6.07 Å². The predicted octanol–water partition coefficient (Wildman–Crippen LogP) is 0.562. The molecule has 0 spiro atoms. The van der Waals surface area contributed by atoms with Crippen molar-refractivity contribution in [2.75, 3.05) is 42.5 Å². The van der Waals surface area contributed by atoms with Gasteiger partial charge in [0.2, 0.25) is 5.95 Å². The number of anilines is 3. The first-order valence-electron chi connectivity index (χ1n) is 6.53. The first-order chi connectivity index (χ1) is 8.63. The van der Waals surface area contributed by atoms with Crippen molar-refractivity contribution >= 4 is 17.6 Å². The minimum Gasteiger partial charge on any atom is -0.383 e. The Balaban J connectivity index is 2.08. The highest BCUT2D eigenvalue weighted by atomic mass is 15.3. The molecule has 1 saturated heterocycles. The lowest BCUT2D eigenvalue weighted by Crippen LogP contribution is -2.37. The minimum atomic E-state index is 0.247. The molecule has 4 N–H and O–H groups in total. The van der Waals surface area contributed by atoms with Crippen LogP contribution in [-0.2, 0) is 0 Å². The van der Waals surface area contributed by atoms with E-state index in [9.17, 15) is 0 Å². The quantitative estimate of drug-likeness (QED) is 0.812. The number of rotatable bonds is 4. The zero-order chi connectivity index (χ0) is 13.1. The largest absolute Gasteiger partial charge is 0.383 e. The molecular formula is C12H22N6. The molecule has 0 radical (unpaired) electrons. The number of hydrogen-bond donors (Lipinski definition) is 2. The van der Waals surface area contributed by atoms with Gasteiger partial charge in [-0.1, -0.05) is 13.8 Å². The minimum absolute atomic E-state index is 0.247. The van der Waals surface area contributed by atoms with E-state index in [1.54, 1.807) is 6.07 Å².